The summed E-state index contributed by atoms with van der Waals surface area (Å²) in [5.74, 6) is 0. The molecular formula is C14H26N4O. The van der Waals surface area contributed by atoms with Crippen LogP contribution in [0.2, 0.25) is 0 Å². The van der Waals surface area contributed by atoms with Crippen molar-refractivity contribution >= 4 is 0 Å². The number of nitrogens with one attached hydrogen (secondary N) is 1. The van der Waals surface area contributed by atoms with Crippen LogP contribution in [-0.4, -0.2) is 54.3 Å². The van der Waals surface area contributed by atoms with Crippen molar-refractivity contribution < 1.29 is 4.74 Å². The summed E-state index contributed by atoms with van der Waals surface area (Å²) in [5.41, 5.74) is 1.28. The Bertz CT molecular complexity index is 366. The lowest BCUT2D eigenvalue weighted by Crippen LogP contribution is -2.37. The van der Waals surface area contributed by atoms with Crippen LogP contribution in [0, 0.1) is 0 Å². The Morgan fingerprint density at radius 3 is 3.21 bits per heavy atom. The minimum atomic E-state index is 0.579. The van der Waals surface area contributed by atoms with Crippen molar-refractivity contribution in [1.82, 2.24) is 19.8 Å². The third-order valence-corrected chi connectivity index (χ3v) is 3.86. The van der Waals surface area contributed by atoms with Crippen molar-refractivity contribution in [3.8, 4) is 0 Å². The number of methoxy groups -OCH3 is 1. The number of ether oxygens (including phenoxy) is 1. The van der Waals surface area contributed by atoms with Gasteiger partial charge in [-0.15, -0.1) is 0 Å². The van der Waals surface area contributed by atoms with Gasteiger partial charge in [-0.1, -0.05) is 6.92 Å². The molecule has 1 saturated heterocycles. The van der Waals surface area contributed by atoms with Gasteiger partial charge in [0.05, 0.1) is 18.6 Å². The summed E-state index contributed by atoms with van der Waals surface area (Å²) in [4.78, 5) is 6.84. The lowest BCUT2D eigenvalue weighted by molar-refractivity contribution is 0.182. The molecule has 5 nitrogen and oxygen atoms in total. The van der Waals surface area contributed by atoms with E-state index in [1.54, 1.807) is 7.11 Å². The molecule has 5 heteroatoms. The zero-order valence-corrected chi connectivity index (χ0v) is 12.1. The van der Waals surface area contributed by atoms with E-state index in [1.807, 2.05) is 12.5 Å². The van der Waals surface area contributed by atoms with E-state index >= 15 is 0 Å². The van der Waals surface area contributed by atoms with Gasteiger partial charge in [0.15, 0.2) is 0 Å². The number of likely N-dealkylation sites (N-methyl/N-ethyl adjacent to an activating group) is 1. The maximum atomic E-state index is 5.04. The Morgan fingerprint density at radius 2 is 2.42 bits per heavy atom. The van der Waals surface area contributed by atoms with Crippen LogP contribution < -0.4 is 5.32 Å². The zero-order chi connectivity index (χ0) is 13.5. The van der Waals surface area contributed by atoms with E-state index in [9.17, 15) is 0 Å². The van der Waals surface area contributed by atoms with E-state index in [0.29, 0.717) is 6.04 Å². The molecule has 1 aromatic heterocycles. The molecule has 0 aromatic carbocycles. The summed E-state index contributed by atoms with van der Waals surface area (Å²) in [6.07, 6.45) is 6.51. The Morgan fingerprint density at radius 1 is 1.53 bits per heavy atom. The van der Waals surface area contributed by atoms with Gasteiger partial charge in [-0.05, 0) is 25.9 Å². The first kappa shape index (κ1) is 14.5. The molecule has 1 atom stereocenters. The van der Waals surface area contributed by atoms with Gasteiger partial charge in [-0.3, -0.25) is 0 Å². The van der Waals surface area contributed by atoms with Gasteiger partial charge in [-0.25, -0.2) is 4.98 Å². The molecule has 1 unspecified atom stereocenters. The first-order valence-electron chi connectivity index (χ1n) is 7.27. The molecule has 0 amide bonds. The SMILES string of the molecule is CCN1CCCC(n2cncc2CNCCOC)C1. The van der Waals surface area contributed by atoms with Crippen molar-refractivity contribution in [1.29, 1.82) is 0 Å². The fraction of sp³-hybridized carbons (Fsp3) is 0.786. The fourth-order valence-electron chi connectivity index (χ4n) is 2.73. The van der Waals surface area contributed by atoms with Gasteiger partial charge in [0.1, 0.15) is 0 Å². The van der Waals surface area contributed by atoms with E-state index in [2.05, 4.69) is 26.7 Å². The standard InChI is InChI=1S/C14H26N4O/c1-3-17-7-4-5-13(11-17)18-12-16-10-14(18)9-15-6-8-19-2/h10,12-13,15H,3-9,11H2,1-2H3. The average Bonchev–Trinajstić information content (AvgIpc) is 2.92. The van der Waals surface area contributed by atoms with Crippen LogP contribution in [0.1, 0.15) is 31.5 Å². The molecule has 0 bridgehead atoms. The molecular weight excluding hydrogens is 240 g/mol. The molecule has 108 valence electrons. The normalized spacial score (nSPS) is 20.8. The maximum Gasteiger partial charge on any atom is 0.0951 e. The number of aromatic nitrogens is 2. The Hall–Kier alpha value is -0.910. The number of hydrogen-bond donors (Lipinski definition) is 1. The van der Waals surface area contributed by atoms with Gasteiger partial charge in [-0.2, -0.15) is 0 Å². The number of imidazole rings is 1. The van der Waals surface area contributed by atoms with Crippen LogP contribution in [0.25, 0.3) is 0 Å². The highest BCUT2D eigenvalue weighted by molar-refractivity contribution is 5.01. The first-order chi connectivity index (χ1) is 9.35. The second kappa shape index (κ2) is 7.62. The van der Waals surface area contributed by atoms with Crippen molar-refractivity contribution in [3.05, 3.63) is 18.2 Å². The second-order valence-corrected chi connectivity index (χ2v) is 5.15. The molecule has 0 saturated carbocycles. The Labute approximate surface area is 116 Å². The van der Waals surface area contributed by atoms with Gasteiger partial charge in [0.2, 0.25) is 0 Å². The lowest BCUT2D eigenvalue weighted by atomic mass is 10.1. The Balaban J connectivity index is 1.90. The van der Waals surface area contributed by atoms with Crippen molar-refractivity contribution in [2.24, 2.45) is 0 Å². The summed E-state index contributed by atoms with van der Waals surface area (Å²) in [6, 6.07) is 0.579. The summed E-state index contributed by atoms with van der Waals surface area (Å²) in [6.45, 7) is 8.28. The number of piperidine rings is 1. The van der Waals surface area contributed by atoms with Crippen LogP contribution in [0.4, 0.5) is 0 Å². The molecule has 2 rings (SSSR count). The molecule has 2 heterocycles. The molecule has 19 heavy (non-hydrogen) atoms. The molecule has 1 N–H and O–H groups in total. The average molecular weight is 266 g/mol. The van der Waals surface area contributed by atoms with E-state index in [4.69, 9.17) is 4.74 Å². The minimum Gasteiger partial charge on any atom is -0.383 e. The smallest absolute Gasteiger partial charge is 0.0951 e. The van der Waals surface area contributed by atoms with Crippen LogP contribution in [0.15, 0.2) is 12.5 Å². The summed E-state index contributed by atoms with van der Waals surface area (Å²) in [7, 11) is 1.73. The predicted octanol–water partition coefficient (Wildman–Crippen LogP) is 1.28. The summed E-state index contributed by atoms with van der Waals surface area (Å²) in [5, 5.41) is 3.39. The zero-order valence-electron chi connectivity index (χ0n) is 12.1. The minimum absolute atomic E-state index is 0.579. The summed E-state index contributed by atoms with van der Waals surface area (Å²) >= 11 is 0. The van der Waals surface area contributed by atoms with E-state index < -0.39 is 0 Å². The van der Waals surface area contributed by atoms with Crippen LogP contribution in [0.5, 0.6) is 0 Å². The summed E-state index contributed by atoms with van der Waals surface area (Å²) < 4.78 is 7.39. The van der Waals surface area contributed by atoms with E-state index in [-0.39, 0.29) is 0 Å². The van der Waals surface area contributed by atoms with Crippen LogP contribution in [-0.2, 0) is 11.3 Å². The predicted molar refractivity (Wildman–Crippen MR) is 76.2 cm³/mol. The molecule has 0 spiro atoms. The van der Waals surface area contributed by atoms with E-state index in [0.717, 1.165) is 32.8 Å². The van der Waals surface area contributed by atoms with Gasteiger partial charge in [0, 0.05) is 39.0 Å². The molecule has 1 aromatic rings. The monoisotopic (exact) mass is 266 g/mol. The highest BCUT2D eigenvalue weighted by Crippen LogP contribution is 2.22. The molecule has 0 aliphatic carbocycles. The van der Waals surface area contributed by atoms with Crippen molar-refractivity contribution in [2.75, 3.05) is 39.9 Å². The number of rotatable bonds is 7. The first-order valence-corrected chi connectivity index (χ1v) is 7.27. The van der Waals surface area contributed by atoms with Crippen molar-refractivity contribution in [3.63, 3.8) is 0 Å². The van der Waals surface area contributed by atoms with Crippen molar-refractivity contribution in [2.45, 2.75) is 32.4 Å². The topological polar surface area (TPSA) is 42.3 Å². The lowest BCUT2D eigenvalue weighted by Gasteiger charge is -2.33. The van der Waals surface area contributed by atoms with Crippen LogP contribution >= 0.6 is 0 Å². The van der Waals surface area contributed by atoms with Gasteiger partial charge < -0.3 is 19.5 Å². The highest BCUT2D eigenvalue weighted by Gasteiger charge is 2.21. The molecule has 0 radical (unpaired) electrons. The maximum absolute atomic E-state index is 5.04. The highest BCUT2D eigenvalue weighted by atomic mass is 16.5. The molecule has 1 fully saturated rings. The Kier molecular flexibility index (Phi) is 5.82. The number of likely N-dealkylation sites (tertiary alicyclic amines) is 1. The van der Waals surface area contributed by atoms with Crippen LogP contribution in [0.3, 0.4) is 0 Å². The van der Waals surface area contributed by atoms with Gasteiger partial charge >= 0.3 is 0 Å². The second-order valence-electron chi connectivity index (χ2n) is 5.15. The van der Waals surface area contributed by atoms with Gasteiger partial charge in [0.25, 0.3) is 0 Å². The molecule has 1 aliphatic rings. The van der Waals surface area contributed by atoms with E-state index in [1.165, 1.54) is 25.1 Å². The molecule has 1 aliphatic heterocycles. The largest absolute Gasteiger partial charge is 0.383 e. The quantitative estimate of drug-likeness (QED) is 0.755. The third-order valence-electron chi connectivity index (χ3n) is 3.86. The fourth-order valence-corrected chi connectivity index (χ4v) is 2.73. The third kappa shape index (κ3) is 4.03. The number of hydrogen-bond acceptors (Lipinski definition) is 4. The number of nitrogens with zero attached hydrogens (tertiary/aromatic N) is 3.